The second-order valence-corrected chi connectivity index (χ2v) is 9.08. The van der Waals surface area contributed by atoms with Crippen molar-refractivity contribution in [2.45, 2.75) is 32.3 Å². The highest BCUT2D eigenvalue weighted by molar-refractivity contribution is 6.13. The molecule has 0 amide bonds. The zero-order valence-corrected chi connectivity index (χ0v) is 22.6. The van der Waals surface area contributed by atoms with Crippen molar-refractivity contribution in [1.29, 1.82) is 0 Å². The molecule has 0 saturated carbocycles. The zero-order valence-electron chi connectivity index (χ0n) is 22.6. The highest BCUT2D eigenvalue weighted by Crippen LogP contribution is 2.27. The van der Waals surface area contributed by atoms with Crippen LogP contribution in [0.15, 0.2) is 96.7 Å². The summed E-state index contributed by atoms with van der Waals surface area (Å²) in [5.41, 5.74) is 1.71. The minimum absolute atomic E-state index is 0.209. The molecule has 0 bridgehead atoms. The molecule has 1 heterocycles. The fraction of sp³-hybridized carbons (Fsp3) is 0.250. The van der Waals surface area contributed by atoms with Gasteiger partial charge in [-0.25, -0.2) is 14.4 Å². The van der Waals surface area contributed by atoms with E-state index in [0.717, 1.165) is 46.2 Å². The van der Waals surface area contributed by atoms with E-state index >= 15 is 0 Å². The smallest absolute Gasteiger partial charge is 0.360 e. The van der Waals surface area contributed by atoms with Crippen LogP contribution in [0.2, 0.25) is 0 Å². The van der Waals surface area contributed by atoms with Gasteiger partial charge in [-0.1, -0.05) is 73.4 Å². The van der Waals surface area contributed by atoms with Crippen LogP contribution in [-0.4, -0.2) is 50.0 Å². The summed E-state index contributed by atoms with van der Waals surface area (Å²) in [5, 5.41) is 8.20. The minimum Gasteiger partial charge on any atom is -0.462 e. The summed E-state index contributed by atoms with van der Waals surface area (Å²) in [7, 11) is 0. The van der Waals surface area contributed by atoms with Gasteiger partial charge in [0, 0.05) is 29.2 Å². The Kier molecular flexibility index (Phi) is 11.3. The lowest BCUT2D eigenvalue weighted by Crippen LogP contribution is -2.11. The Labute approximate surface area is 233 Å². The van der Waals surface area contributed by atoms with Crippen LogP contribution in [0.25, 0.3) is 21.5 Å². The van der Waals surface area contributed by atoms with Crippen LogP contribution in [0.4, 0.5) is 0 Å². The van der Waals surface area contributed by atoms with E-state index in [2.05, 4.69) is 43.1 Å². The van der Waals surface area contributed by atoms with Crippen molar-refractivity contribution in [3.8, 4) is 0 Å². The average molecular weight is 544 g/mol. The van der Waals surface area contributed by atoms with Gasteiger partial charge in [-0.05, 0) is 47.4 Å². The minimum atomic E-state index is -0.527. The number of carbonyl (C=O) groups excluding carboxylic acids is 3. The first-order valence-corrected chi connectivity index (χ1v) is 12.9. The standard InChI is InChI=1S/C19H15NO2.C13H18O5/c1-13(2)19(21)22-20-12-18-16-9-5-3-7-14(16)11-15-8-4-6-10-17(15)18;1-3-12(14)16-7-4-8-17-13(15)10(2)5-6-11-9-18-11/h3-12H,1H2,2H3;3,11H,1-2,4-9H2. The molecule has 3 aromatic carbocycles. The third-order valence-electron chi connectivity index (χ3n) is 5.87. The predicted molar refractivity (Wildman–Crippen MR) is 155 cm³/mol. The molecule has 1 atom stereocenters. The summed E-state index contributed by atoms with van der Waals surface area (Å²) in [5.74, 6) is -1.40. The van der Waals surface area contributed by atoms with E-state index < -0.39 is 17.9 Å². The molecule has 0 aromatic heterocycles. The van der Waals surface area contributed by atoms with Crippen molar-refractivity contribution in [3.05, 3.63) is 97.1 Å². The molecular weight excluding hydrogens is 510 g/mol. The summed E-state index contributed by atoms with van der Waals surface area (Å²) in [4.78, 5) is 38.4. The second-order valence-electron chi connectivity index (χ2n) is 9.08. The van der Waals surface area contributed by atoms with Gasteiger partial charge in [-0.2, -0.15) is 0 Å². The predicted octanol–water partition coefficient (Wildman–Crippen LogP) is 5.83. The first-order valence-electron chi connectivity index (χ1n) is 12.9. The maximum absolute atomic E-state index is 11.4. The van der Waals surface area contributed by atoms with E-state index in [-0.39, 0.29) is 19.3 Å². The summed E-state index contributed by atoms with van der Waals surface area (Å²) >= 11 is 0. The number of nitrogens with zero attached hydrogens (tertiary/aromatic N) is 1. The summed E-state index contributed by atoms with van der Waals surface area (Å²) < 4.78 is 14.7. The van der Waals surface area contributed by atoms with E-state index in [4.69, 9.17) is 19.0 Å². The zero-order chi connectivity index (χ0) is 28.9. The van der Waals surface area contributed by atoms with E-state index in [9.17, 15) is 14.4 Å². The summed E-state index contributed by atoms with van der Waals surface area (Å²) in [6.07, 6.45) is 4.83. The Bertz CT molecular complexity index is 1380. The summed E-state index contributed by atoms with van der Waals surface area (Å²) in [6.45, 7) is 13.2. The van der Waals surface area contributed by atoms with Gasteiger partial charge in [-0.15, -0.1) is 0 Å². The number of epoxide rings is 1. The number of carbonyl (C=O) groups is 3. The average Bonchev–Trinajstić information content (AvgIpc) is 3.80. The van der Waals surface area contributed by atoms with Gasteiger partial charge in [0.2, 0.25) is 0 Å². The van der Waals surface area contributed by atoms with Gasteiger partial charge in [-0.3, -0.25) is 0 Å². The summed E-state index contributed by atoms with van der Waals surface area (Å²) in [6, 6.07) is 18.3. The molecule has 1 unspecified atom stereocenters. The van der Waals surface area contributed by atoms with Crippen molar-refractivity contribution in [3.63, 3.8) is 0 Å². The first-order chi connectivity index (χ1) is 19.3. The van der Waals surface area contributed by atoms with E-state index in [1.54, 1.807) is 13.1 Å². The third kappa shape index (κ3) is 9.32. The number of hydrogen-bond acceptors (Lipinski definition) is 8. The fourth-order valence-electron chi connectivity index (χ4n) is 3.62. The van der Waals surface area contributed by atoms with Crippen molar-refractivity contribution >= 4 is 45.7 Å². The topological polar surface area (TPSA) is 104 Å². The highest BCUT2D eigenvalue weighted by atomic mass is 16.7. The SMILES string of the molecule is C=C(C)C(=O)ON=Cc1c2ccccc2cc2ccccc12.C=CC(=O)OCCCOC(=O)C(=C)CCC1CO1. The molecule has 1 aliphatic rings. The van der Waals surface area contributed by atoms with Crippen LogP contribution in [0.5, 0.6) is 0 Å². The molecule has 208 valence electrons. The number of ether oxygens (including phenoxy) is 3. The third-order valence-corrected chi connectivity index (χ3v) is 5.87. The molecular formula is C32H33NO7. The Morgan fingerprint density at radius 3 is 2.15 bits per heavy atom. The molecule has 0 aliphatic carbocycles. The lowest BCUT2D eigenvalue weighted by Gasteiger charge is -2.07. The second kappa shape index (κ2) is 15.1. The number of hydrogen-bond donors (Lipinski definition) is 0. The first kappa shape index (κ1) is 30.0. The fourth-order valence-corrected chi connectivity index (χ4v) is 3.62. The van der Waals surface area contributed by atoms with Crippen molar-refractivity contribution in [2.24, 2.45) is 5.16 Å². The number of oxime groups is 1. The van der Waals surface area contributed by atoms with Crippen LogP contribution < -0.4 is 0 Å². The molecule has 8 nitrogen and oxygen atoms in total. The highest BCUT2D eigenvalue weighted by Gasteiger charge is 2.23. The van der Waals surface area contributed by atoms with Crippen LogP contribution >= 0.6 is 0 Å². The van der Waals surface area contributed by atoms with E-state index in [1.165, 1.54) is 0 Å². The van der Waals surface area contributed by atoms with Gasteiger partial charge in [0.25, 0.3) is 0 Å². The monoisotopic (exact) mass is 543 g/mol. The maximum Gasteiger partial charge on any atom is 0.360 e. The van der Waals surface area contributed by atoms with Gasteiger partial charge in [0.15, 0.2) is 0 Å². The number of esters is 2. The van der Waals surface area contributed by atoms with Gasteiger partial charge in [0.05, 0.1) is 32.1 Å². The van der Waals surface area contributed by atoms with Crippen molar-refractivity contribution < 1.29 is 33.4 Å². The molecule has 1 fully saturated rings. The van der Waals surface area contributed by atoms with Crippen LogP contribution in [0, 0.1) is 0 Å². The Morgan fingerprint density at radius 1 is 0.975 bits per heavy atom. The number of fused-ring (bicyclic) bond motifs is 2. The molecule has 0 radical (unpaired) electrons. The van der Waals surface area contributed by atoms with Gasteiger partial charge >= 0.3 is 17.9 Å². The van der Waals surface area contributed by atoms with Crippen LogP contribution in [0.3, 0.4) is 0 Å². The quantitative estimate of drug-likeness (QED) is 0.0414. The lowest BCUT2D eigenvalue weighted by molar-refractivity contribution is -0.141. The number of rotatable bonds is 12. The van der Waals surface area contributed by atoms with Crippen molar-refractivity contribution in [1.82, 2.24) is 0 Å². The molecule has 1 saturated heterocycles. The molecule has 8 heteroatoms. The van der Waals surface area contributed by atoms with Crippen LogP contribution in [-0.2, 0) is 33.4 Å². The van der Waals surface area contributed by atoms with E-state index in [1.807, 2.05) is 36.4 Å². The maximum atomic E-state index is 11.4. The Balaban J connectivity index is 0.000000226. The van der Waals surface area contributed by atoms with Gasteiger partial charge in [0.1, 0.15) is 0 Å². The Morgan fingerprint density at radius 2 is 1.57 bits per heavy atom. The Hall–Kier alpha value is -4.56. The molecule has 40 heavy (non-hydrogen) atoms. The molecule has 1 aliphatic heterocycles. The molecule has 3 aromatic rings. The van der Waals surface area contributed by atoms with Crippen LogP contribution in [0.1, 0.15) is 31.7 Å². The lowest BCUT2D eigenvalue weighted by atomic mass is 9.97. The largest absolute Gasteiger partial charge is 0.462 e. The van der Waals surface area contributed by atoms with Gasteiger partial charge < -0.3 is 19.0 Å². The molecule has 4 rings (SSSR count). The number of benzene rings is 3. The van der Waals surface area contributed by atoms with Crippen molar-refractivity contribution in [2.75, 3.05) is 19.8 Å². The molecule has 0 N–H and O–H groups in total. The molecule has 0 spiro atoms. The normalized spacial score (nSPS) is 13.7. The van der Waals surface area contributed by atoms with E-state index in [0.29, 0.717) is 24.0 Å².